The van der Waals surface area contributed by atoms with Gasteiger partial charge in [-0.15, -0.1) is 0 Å². The first-order valence-electron chi connectivity index (χ1n) is 7.75. The summed E-state index contributed by atoms with van der Waals surface area (Å²) in [6, 6.07) is 3.45. The number of ether oxygens (including phenoxy) is 1. The van der Waals surface area contributed by atoms with Crippen LogP contribution in [0.15, 0.2) is 17.0 Å². The zero-order valence-electron chi connectivity index (χ0n) is 13.4. The van der Waals surface area contributed by atoms with Crippen LogP contribution in [0, 0.1) is 25.7 Å². The number of methoxy groups -OCH3 is 1. The largest absolute Gasteiger partial charge is 0.496 e. The first kappa shape index (κ1) is 15.8. The molecular formula is C16H24N2O3S. The molecule has 2 atom stereocenters. The second-order valence-electron chi connectivity index (χ2n) is 6.57. The van der Waals surface area contributed by atoms with Gasteiger partial charge in [-0.05, 0) is 49.7 Å². The summed E-state index contributed by atoms with van der Waals surface area (Å²) in [6.45, 7) is 4.70. The molecular weight excluding hydrogens is 300 g/mol. The SMILES string of the molecule is COc1cc(S(=O)(=O)N2CC(N)C(C3CC3)C2)c(C)cc1C. The Morgan fingerprint density at radius 3 is 2.45 bits per heavy atom. The molecule has 2 fully saturated rings. The lowest BCUT2D eigenvalue weighted by atomic mass is 9.99. The third-order valence-corrected chi connectivity index (χ3v) is 6.89. The molecule has 1 aromatic carbocycles. The summed E-state index contributed by atoms with van der Waals surface area (Å²) in [5.74, 6) is 1.53. The van der Waals surface area contributed by atoms with Crippen LogP contribution >= 0.6 is 0 Å². The summed E-state index contributed by atoms with van der Waals surface area (Å²) < 4.78 is 32.8. The average molecular weight is 324 g/mol. The van der Waals surface area contributed by atoms with Gasteiger partial charge in [-0.3, -0.25) is 0 Å². The molecule has 22 heavy (non-hydrogen) atoms. The highest BCUT2D eigenvalue weighted by Crippen LogP contribution is 2.42. The number of sulfonamides is 1. The van der Waals surface area contributed by atoms with Gasteiger partial charge in [0.15, 0.2) is 0 Å². The molecule has 0 aromatic heterocycles. The van der Waals surface area contributed by atoms with Crippen LogP contribution in [0.25, 0.3) is 0 Å². The molecule has 3 rings (SSSR count). The van der Waals surface area contributed by atoms with Gasteiger partial charge in [-0.25, -0.2) is 8.42 Å². The van der Waals surface area contributed by atoms with Crippen molar-refractivity contribution in [3.63, 3.8) is 0 Å². The number of nitrogens with two attached hydrogens (primary N) is 1. The third-order valence-electron chi connectivity index (χ3n) is 4.92. The minimum atomic E-state index is -3.52. The van der Waals surface area contributed by atoms with Gasteiger partial charge < -0.3 is 10.5 Å². The zero-order chi connectivity index (χ0) is 16.1. The first-order chi connectivity index (χ1) is 10.3. The van der Waals surface area contributed by atoms with E-state index < -0.39 is 10.0 Å². The van der Waals surface area contributed by atoms with Crippen molar-refractivity contribution in [2.24, 2.45) is 17.6 Å². The number of aryl methyl sites for hydroxylation is 2. The Hall–Kier alpha value is -1.11. The first-order valence-corrected chi connectivity index (χ1v) is 9.19. The van der Waals surface area contributed by atoms with Gasteiger partial charge in [0.25, 0.3) is 0 Å². The molecule has 1 aliphatic heterocycles. The number of nitrogens with zero attached hydrogens (tertiary/aromatic N) is 1. The van der Waals surface area contributed by atoms with Gasteiger partial charge in [-0.1, -0.05) is 6.07 Å². The lowest BCUT2D eigenvalue weighted by molar-refractivity contribution is 0.408. The fraction of sp³-hybridized carbons (Fsp3) is 0.625. The summed E-state index contributed by atoms with van der Waals surface area (Å²) in [5, 5.41) is 0. The van der Waals surface area contributed by atoms with E-state index in [0.29, 0.717) is 35.6 Å². The molecule has 1 saturated carbocycles. The van der Waals surface area contributed by atoms with E-state index in [0.717, 1.165) is 11.1 Å². The second kappa shape index (κ2) is 5.51. The van der Waals surface area contributed by atoms with E-state index >= 15 is 0 Å². The number of benzene rings is 1. The van der Waals surface area contributed by atoms with Crippen molar-refractivity contribution in [1.29, 1.82) is 0 Å². The second-order valence-corrected chi connectivity index (χ2v) is 8.48. The van der Waals surface area contributed by atoms with E-state index in [1.165, 1.54) is 12.8 Å². The Balaban J connectivity index is 1.93. The topological polar surface area (TPSA) is 72.6 Å². The van der Waals surface area contributed by atoms with Crippen molar-refractivity contribution in [1.82, 2.24) is 4.31 Å². The van der Waals surface area contributed by atoms with Crippen molar-refractivity contribution in [3.8, 4) is 5.75 Å². The lowest BCUT2D eigenvalue weighted by Gasteiger charge is -2.19. The molecule has 1 heterocycles. The molecule has 0 spiro atoms. The van der Waals surface area contributed by atoms with Crippen molar-refractivity contribution >= 4 is 10.0 Å². The van der Waals surface area contributed by atoms with Crippen LogP contribution in [-0.4, -0.2) is 39.0 Å². The molecule has 1 saturated heterocycles. The Labute approximate surface area is 132 Å². The van der Waals surface area contributed by atoms with E-state index in [2.05, 4.69) is 0 Å². The van der Waals surface area contributed by atoms with Crippen LogP contribution in [0.5, 0.6) is 5.75 Å². The van der Waals surface area contributed by atoms with E-state index in [4.69, 9.17) is 10.5 Å². The monoisotopic (exact) mass is 324 g/mol. The van der Waals surface area contributed by atoms with E-state index in [9.17, 15) is 8.42 Å². The van der Waals surface area contributed by atoms with Crippen molar-refractivity contribution in [2.45, 2.75) is 37.6 Å². The molecule has 6 heteroatoms. The molecule has 0 amide bonds. The summed E-state index contributed by atoms with van der Waals surface area (Å²) >= 11 is 0. The van der Waals surface area contributed by atoms with Gasteiger partial charge in [-0.2, -0.15) is 4.31 Å². The van der Waals surface area contributed by atoms with E-state index in [1.807, 2.05) is 19.9 Å². The van der Waals surface area contributed by atoms with E-state index in [1.54, 1.807) is 17.5 Å². The predicted molar refractivity (Wildman–Crippen MR) is 85.4 cm³/mol. The fourth-order valence-electron chi connectivity index (χ4n) is 3.49. The zero-order valence-corrected chi connectivity index (χ0v) is 14.2. The van der Waals surface area contributed by atoms with Gasteiger partial charge in [0.05, 0.1) is 12.0 Å². The number of hydrogen-bond acceptors (Lipinski definition) is 4. The molecule has 1 aromatic rings. The summed E-state index contributed by atoms with van der Waals surface area (Å²) in [6.07, 6.45) is 2.37. The minimum Gasteiger partial charge on any atom is -0.496 e. The Morgan fingerprint density at radius 2 is 1.86 bits per heavy atom. The van der Waals surface area contributed by atoms with Crippen LogP contribution in [-0.2, 0) is 10.0 Å². The molecule has 5 nitrogen and oxygen atoms in total. The normalized spacial score (nSPS) is 26.4. The Bertz CT molecular complexity index is 683. The third kappa shape index (κ3) is 2.64. The Kier molecular flexibility index (Phi) is 3.95. The smallest absolute Gasteiger partial charge is 0.243 e. The number of rotatable bonds is 4. The molecule has 122 valence electrons. The fourth-order valence-corrected chi connectivity index (χ4v) is 5.22. The molecule has 2 N–H and O–H groups in total. The van der Waals surface area contributed by atoms with Crippen LogP contribution in [0.1, 0.15) is 24.0 Å². The highest BCUT2D eigenvalue weighted by molar-refractivity contribution is 7.89. The molecule has 0 bridgehead atoms. The quantitative estimate of drug-likeness (QED) is 0.914. The van der Waals surface area contributed by atoms with Gasteiger partial charge in [0.2, 0.25) is 10.0 Å². The minimum absolute atomic E-state index is 0.0464. The van der Waals surface area contributed by atoms with E-state index in [-0.39, 0.29) is 6.04 Å². The molecule has 2 aliphatic rings. The lowest BCUT2D eigenvalue weighted by Crippen LogP contribution is -2.33. The maximum atomic E-state index is 13.0. The maximum Gasteiger partial charge on any atom is 0.243 e. The van der Waals surface area contributed by atoms with Crippen LogP contribution in [0.3, 0.4) is 0 Å². The van der Waals surface area contributed by atoms with Gasteiger partial charge in [0.1, 0.15) is 5.75 Å². The Morgan fingerprint density at radius 1 is 1.18 bits per heavy atom. The number of hydrogen-bond donors (Lipinski definition) is 1. The maximum absolute atomic E-state index is 13.0. The van der Waals surface area contributed by atoms with Crippen LogP contribution in [0.2, 0.25) is 0 Å². The van der Waals surface area contributed by atoms with Crippen LogP contribution in [0.4, 0.5) is 0 Å². The molecule has 0 radical (unpaired) electrons. The summed E-state index contributed by atoms with van der Waals surface area (Å²) in [4.78, 5) is 0.332. The van der Waals surface area contributed by atoms with Gasteiger partial charge >= 0.3 is 0 Å². The van der Waals surface area contributed by atoms with Crippen molar-refractivity contribution in [2.75, 3.05) is 20.2 Å². The summed E-state index contributed by atoms with van der Waals surface area (Å²) in [7, 11) is -1.96. The summed E-state index contributed by atoms with van der Waals surface area (Å²) in [5.41, 5.74) is 7.86. The van der Waals surface area contributed by atoms with Crippen molar-refractivity contribution < 1.29 is 13.2 Å². The molecule has 2 unspecified atom stereocenters. The predicted octanol–water partition coefficient (Wildman–Crippen LogP) is 1.67. The molecule has 1 aliphatic carbocycles. The average Bonchev–Trinajstić information content (AvgIpc) is 3.21. The van der Waals surface area contributed by atoms with Gasteiger partial charge in [0, 0.05) is 25.2 Å². The highest BCUT2D eigenvalue weighted by atomic mass is 32.2. The van der Waals surface area contributed by atoms with Crippen molar-refractivity contribution in [3.05, 3.63) is 23.3 Å². The highest BCUT2D eigenvalue weighted by Gasteiger charge is 2.44. The standard InChI is InChI=1S/C16H24N2O3S/c1-10-6-11(2)16(7-15(10)21-3)22(19,20)18-8-13(12-4-5-12)14(17)9-18/h6-7,12-14H,4-5,8-9,17H2,1-3H3. The van der Waals surface area contributed by atoms with Crippen LogP contribution < -0.4 is 10.5 Å².